The average Bonchev–Trinajstić information content (AvgIpc) is 2.71. The molecule has 17 heavy (non-hydrogen) atoms. The maximum absolute atomic E-state index is 9.57. The summed E-state index contributed by atoms with van der Waals surface area (Å²) >= 11 is 0. The Hall–Kier alpha value is -0.640. The highest BCUT2D eigenvalue weighted by molar-refractivity contribution is 5.21. The lowest BCUT2D eigenvalue weighted by Crippen LogP contribution is -2.33. The average molecular weight is 237 g/mol. The van der Waals surface area contributed by atoms with Gasteiger partial charge in [-0.25, -0.2) is 0 Å². The van der Waals surface area contributed by atoms with Crippen LogP contribution in [0.2, 0.25) is 0 Å². The third-order valence-electron chi connectivity index (χ3n) is 3.70. The summed E-state index contributed by atoms with van der Waals surface area (Å²) in [5.41, 5.74) is 1.44. The molecule has 3 heteroatoms. The van der Waals surface area contributed by atoms with Crippen LogP contribution in [-0.4, -0.2) is 47.0 Å². The molecular formula is C14H23NO2. The first-order chi connectivity index (χ1) is 8.29. The molecule has 1 fully saturated rings. The van der Waals surface area contributed by atoms with Crippen molar-refractivity contribution in [2.24, 2.45) is 0 Å². The van der Waals surface area contributed by atoms with E-state index < -0.39 is 0 Å². The number of hydrogen-bond donors (Lipinski definition) is 2. The standard InChI is InChI=1S/C14H23NO2/c16-11-13-9-14(17)10-15(13)8-4-7-12-5-2-1-3-6-12/h2,5-6,13-14,16-17H,1,3-4,7-11H2. The zero-order chi connectivity index (χ0) is 12.1. The molecule has 2 N–H and O–H groups in total. The number of likely N-dealkylation sites (tertiary alicyclic amines) is 1. The molecule has 0 aromatic carbocycles. The summed E-state index contributed by atoms with van der Waals surface area (Å²) in [6, 6.07) is 0.167. The van der Waals surface area contributed by atoms with Crippen molar-refractivity contribution in [2.75, 3.05) is 19.7 Å². The van der Waals surface area contributed by atoms with Crippen LogP contribution in [0.1, 0.15) is 32.1 Å². The lowest BCUT2D eigenvalue weighted by Gasteiger charge is -2.22. The van der Waals surface area contributed by atoms with E-state index in [0.29, 0.717) is 0 Å². The second-order valence-corrected chi connectivity index (χ2v) is 5.08. The predicted molar refractivity (Wildman–Crippen MR) is 68.8 cm³/mol. The van der Waals surface area contributed by atoms with Crippen molar-refractivity contribution in [3.05, 3.63) is 23.8 Å². The molecule has 2 unspecified atom stereocenters. The topological polar surface area (TPSA) is 43.7 Å². The molecule has 2 atom stereocenters. The van der Waals surface area contributed by atoms with Crippen molar-refractivity contribution in [1.29, 1.82) is 0 Å². The van der Waals surface area contributed by atoms with Gasteiger partial charge in [0.25, 0.3) is 0 Å². The van der Waals surface area contributed by atoms with Gasteiger partial charge in [0.1, 0.15) is 0 Å². The molecule has 0 radical (unpaired) electrons. The summed E-state index contributed by atoms with van der Waals surface area (Å²) in [6.07, 6.45) is 11.8. The minimum Gasteiger partial charge on any atom is -0.395 e. The SMILES string of the molecule is OCC1CC(O)CN1CCCC1=CCCC=C1. The van der Waals surface area contributed by atoms with Crippen LogP contribution in [0.4, 0.5) is 0 Å². The van der Waals surface area contributed by atoms with Crippen molar-refractivity contribution in [3.63, 3.8) is 0 Å². The van der Waals surface area contributed by atoms with Crippen LogP contribution in [0.25, 0.3) is 0 Å². The highest BCUT2D eigenvalue weighted by Gasteiger charge is 2.29. The molecule has 1 aliphatic carbocycles. The molecule has 0 saturated carbocycles. The van der Waals surface area contributed by atoms with Gasteiger partial charge in [-0.2, -0.15) is 0 Å². The summed E-state index contributed by atoms with van der Waals surface area (Å²) in [7, 11) is 0. The van der Waals surface area contributed by atoms with Crippen LogP contribution >= 0.6 is 0 Å². The molecular weight excluding hydrogens is 214 g/mol. The number of allylic oxidation sites excluding steroid dienone is 4. The van der Waals surface area contributed by atoms with Crippen LogP contribution < -0.4 is 0 Å². The van der Waals surface area contributed by atoms with E-state index in [2.05, 4.69) is 23.1 Å². The van der Waals surface area contributed by atoms with Crippen molar-refractivity contribution < 1.29 is 10.2 Å². The Balaban J connectivity index is 1.71. The Labute approximate surface area is 103 Å². The van der Waals surface area contributed by atoms with E-state index in [1.54, 1.807) is 0 Å². The van der Waals surface area contributed by atoms with Gasteiger partial charge >= 0.3 is 0 Å². The van der Waals surface area contributed by atoms with Gasteiger partial charge in [-0.15, -0.1) is 0 Å². The second kappa shape index (κ2) is 6.34. The zero-order valence-corrected chi connectivity index (χ0v) is 10.4. The van der Waals surface area contributed by atoms with Gasteiger partial charge in [0, 0.05) is 12.6 Å². The van der Waals surface area contributed by atoms with Gasteiger partial charge in [0.05, 0.1) is 12.7 Å². The fourth-order valence-corrected chi connectivity index (χ4v) is 2.76. The summed E-state index contributed by atoms with van der Waals surface area (Å²) < 4.78 is 0. The van der Waals surface area contributed by atoms with E-state index in [-0.39, 0.29) is 18.8 Å². The molecule has 1 saturated heterocycles. The molecule has 0 aromatic heterocycles. The second-order valence-electron chi connectivity index (χ2n) is 5.08. The molecule has 2 aliphatic rings. The highest BCUT2D eigenvalue weighted by atomic mass is 16.3. The number of nitrogens with zero attached hydrogens (tertiary/aromatic N) is 1. The first kappa shape index (κ1) is 12.8. The largest absolute Gasteiger partial charge is 0.395 e. The molecule has 0 spiro atoms. The smallest absolute Gasteiger partial charge is 0.0683 e. The maximum atomic E-state index is 9.57. The summed E-state index contributed by atoms with van der Waals surface area (Å²) in [5, 5.41) is 18.8. The Morgan fingerprint density at radius 3 is 2.94 bits per heavy atom. The zero-order valence-electron chi connectivity index (χ0n) is 10.4. The molecule has 2 rings (SSSR count). The molecule has 0 bridgehead atoms. The molecule has 1 aliphatic heterocycles. The lowest BCUT2D eigenvalue weighted by molar-refractivity contribution is 0.154. The first-order valence-electron chi connectivity index (χ1n) is 6.68. The van der Waals surface area contributed by atoms with E-state index in [9.17, 15) is 10.2 Å². The van der Waals surface area contributed by atoms with Gasteiger partial charge in [-0.3, -0.25) is 4.90 Å². The molecule has 0 aromatic rings. The quantitative estimate of drug-likeness (QED) is 0.761. The molecule has 96 valence electrons. The molecule has 1 heterocycles. The van der Waals surface area contributed by atoms with E-state index in [1.165, 1.54) is 18.4 Å². The van der Waals surface area contributed by atoms with Crippen molar-refractivity contribution in [1.82, 2.24) is 4.90 Å². The predicted octanol–water partition coefficient (Wildman–Crippen LogP) is 1.47. The number of aliphatic hydroxyl groups excluding tert-OH is 2. The minimum absolute atomic E-state index is 0.166. The normalized spacial score (nSPS) is 29.6. The van der Waals surface area contributed by atoms with Crippen LogP contribution in [0, 0.1) is 0 Å². The molecule has 3 nitrogen and oxygen atoms in total. The fourth-order valence-electron chi connectivity index (χ4n) is 2.76. The number of rotatable bonds is 5. The van der Waals surface area contributed by atoms with E-state index in [1.807, 2.05) is 0 Å². The van der Waals surface area contributed by atoms with Gasteiger partial charge in [0.2, 0.25) is 0 Å². The first-order valence-corrected chi connectivity index (χ1v) is 6.68. The third kappa shape index (κ3) is 3.66. The minimum atomic E-state index is -0.249. The number of β-amino-alcohol motifs (C(OH)–C–C–N with tert-alkyl or cyclic N) is 1. The van der Waals surface area contributed by atoms with Crippen molar-refractivity contribution in [3.8, 4) is 0 Å². The Morgan fingerprint density at radius 2 is 2.24 bits per heavy atom. The Morgan fingerprint density at radius 1 is 1.35 bits per heavy atom. The van der Waals surface area contributed by atoms with Gasteiger partial charge in [-0.1, -0.05) is 23.8 Å². The Kier molecular flexibility index (Phi) is 4.77. The Bertz CT molecular complexity index is 299. The molecule has 0 amide bonds. The van der Waals surface area contributed by atoms with E-state index in [4.69, 9.17) is 0 Å². The van der Waals surface area contributed by atoms with Gasteiger partial charge in [-0.05, 0) is 38.6 Å². The van der Waals surface area contributed by atoms with Crippen molar-refractivity contribution >= 4 is 0 Å². The summed E-state index contributed by atoms with van der Waals surface area (Å²) in [5.74, 6) is 0. The van der Waals surface area contributed by atoms with Crippen LogP contribution in [0.15, 0.2) is 23.8 Å². The highest BCUT2D eigenvalue weighted by Crippen LogP contribution is 2.20. The van der Waals surface area contributed by atoms with Crippen LogP contribution in [0.3, 0.4) is 0 Å². The lowest BCUT2D eigenvalue weighted by atomic mass is 10.0. The monoisotopic (exact) mass is 237 g/mol. The third-order valence-corrected chi connectivity index (χ3v) is 3.70. The van der Waals surface area contributed by atoms with E-state index >= 15 is 0 Å². The summed E-state index contributed by atoms with van der Waals surface area (Å²) in [6.45, 7) is 1.87. The fraction of sp³-hybridized carbons (Fsp3) is 0.714. The van der Waals surface area contributed by atoms with Gasteiger partial charge < -0.3 is 10.2 Å². The van der Waals surface area contributed by atoms with Gasteiger partial charge in [0.15, 0.2) is 0 Å². The summed E-state index contributed by atoms with van der Waals surface area (Å²) in [4.78, 5) is 2.22. The number of hydrogen-bond acceptors (Lipinski definition) is 3. The van der Waals surface area contributed by atoms with Crippen LogP contribution in [-0.2, 0) is 0 Å². The number of aliphatic hydroxyl groups is 2. The van der Waals surface area contributed by atoms with Crippen molar-refractivity contribution in [2.45, 2.75) is 44.2 Å². The van der Waals surface area contributed by atoms with Crippen LogP contribution in [0.5, 0.6) is 0 Å². The van der Waals surface area contributed by atoms with E-state index in [0.717, 1.165) is 32.4 Å². The maximum Gasteiger partial charge on any atom is 0.0683 e.